The summed E-state index contributed by atoms with van der Waals surface area (Å²) in [6, 6.07) is 7.70. The van der Waals surface area contributed by atoms with Gasteiger partial charge in [-0.25, -0.2) is 0 Å². The van der Waals surface area contributed by atoms with Crippen LogP contribution in [0.4, 0.5) is 5.82 Å². The molecule has 1 aromatic carbocycles. The highest BCUT2D eigenvalue weighted by atomic mass is 35.5. The van der Waals surface area contributed by atoms with Gasteiger partial charge in [-0.2, -0.15) is 5.10 Å². The summed E-state index contributed by atoms with van der Waals surface area (Å²) in [5.74, 6) is 0.627. The van der Waals surface area contributed by atoms with Gasteiger partial charge in [0.25, 0.3) is 0 Å². The molecule has 2 N–H and O–H groups in total. The molecule has 0 radical (unpaired) electrons. The number of nitrogen functional groups attached to an aromatic ring is 1. The molecular weight excluding hydrogens is 210 g/mol. The first-order valence-corrected chi connectivity index (χ1v) is 5.02. The lowest BCUT2D eigenvalue weighted by molar-refractivity contribution is 0.782. The molecule has 0 bridgehead atoms. The lowest BCUT2D eigenvalue weighted by atomic mass is 10.1. The third-order valence-electron chi connectivity index (χ3n) is 2.32. The maximum Gasteiger partial charge on any atom is 0.121 e. The zero-order valence-corrected chi connectivity index (χ0v) is 9.42. The lowest BCUT2D eigenvalue weighted by Gasteiger charge is -2.01. The normalized spacial score (nSPS) is 10.6. The Morgan fingerprint density at radius 2 is 2.07 bits per heavy atom. The predicted molar refractivity (Wildman–Crippen MR) is 62.8 cm³/mol. The van der Waals surface area contributed by atoms with E-state index in [1.165, 1.54) is 0 Å². The minimum Gasteiger partial charge on any atom is -0.384 e. The number of aromatic nitrogens is 2. The molecule has 0 spiro atoms. The van der Waals surface area contributed by atoms with Crippen molar-refractivity contribution in [2.45, 2.75) is 6.92 Å². The molecule has 0 amide bonds. The molecule has 0 saturated heterocycles. The number of nitrogens with two attached hydrogens (primary N) is 1. The van der Waals surface area contributed by atoms with Crippen LogP contribution in [-0.4, -0.2) is 9.78 Å². The lowest BCUT2D eigenvalue weighted by Crippen LogP contribution is -1.96. The van der Waals surface area contributed by atoms with Crippen LogP contribution in [0.15, 0.2) is 24.3 Å². The third-order valence-corrected chi connectivity index (χ3v) is 2.63. The number of aryl methyl sites for hydroxylation is 2. The average Bonchev–Trinajstić information content (AvgIpc) is 2.46. The number of hydrogen-bond donors (Lipinski definition) is 1. The summed E-state index contributed by atoms with van der Waals surface area (Å²) in [5.41, 5.74) is 8.56. The monoisotopic (exact) mass is 221 g/mol. The molecule has 0 fully saturated rings. The van der Waals surface area contributed by atoms with E-state index >= 15 is 0 Å². The Balaban J connectivity index is 2.54. The Kier molecular flexibility index (Phi) is 2.40. The molecule has 2 aromatic rings. The van der Waals surface area contributed by atoms with Crippen molar-refractivity contribution in [1.29, 1.82) is 0 Å². The molecule has 3 nitrogen and oxygen atoms in total. The van der Waals surface area contributed by atoms with Gasteiger partial charge < -0.3 is 5.73 Å². The second kappa shape index (κ2) is 3.59. The highest BCUT2D eigenvalue weighted by Crippen LogP contribution is 2.28. The molecule has 0 unspecified atom stereocenters. The Bertz CT molecular complexity index is 483. The van der Waals surface area contributed by atoms with Crippen molar-refractivity contribution in [2.24, 2.45) is 7.05 Å². The van der Waals surface area contributed by atoms with Gasteiger partial charge in [0.15, 0.2) is 0 Å². The van der Waals surface area contributed by atoms with Crippen molar-refractivity contribution in [1.82, 2.24) is 9.78 Å². The van der Waals surface area contributed by atoms with Crippen LogP contribution >= 0.6 is 11.6 Å². The molecule has 4 heteroatoms. The molecule has 0 saturated carbocycles. The van der Waals surface area contributed by atoms with Crippen molar-refractivity contribution >= 4 is 17.4 Å². The van der Waals surface area contributed by atoms with Crippen LogP contribution in [0, 0.1) is 6.92 Å². The van der Waals surface area contributed by atoms with E-state index in [4.69, 9.17) is 17.3 Å². The molecule has 15 heavy (non-hydrogen) atoms. The molecule has 2 rings (SSSR count). The molecule has 0 atom stereocenters. The van der Waals surface area contributed by atoms with Gasteiger partial charge in [0.1, 0.15) is 5.82 Å². The number of anilines is 1. The maximum absolute atomic E-state index is 6.14. The molecule has 1 heterocycles. The fourth-order valence-corrected chi connectivity index (χ4v) is 1.77. The van der Waals surface area contributed by atoms with E-state index in [9.17, 15) is 0 Å². The van der Waals surface area contributed by atoms with Crippen LogP contribution in [0.3, 0.4) is 0 Å². The van der Waals surface area contributed by atoms with Crippen LogP contribution in [0.25, 0.3) is 11.3 Å². The molecule has 0 aliphatic carbocycles. The molecular formula is C11H12ClN3. The summed E-state index contributed by atoms with van der Waals surface area (Å²) in [6.45, 7) is 2.00. The van der Waals surface area contributed by atoms with Crippen molar-refractivity contribution in [3.8, 4) is 11.3 Å². The molecule has 1 aromatic heterocycles. The first-order valence-electron chi connectivity index (χ1n) is 4.64. The van der Waals surface area contributed by atoms with E-state index in [-0.39, 0.29) is 0 Å². The van der Waals surface area contributed by atoms with Gasteiger partial charge in [0.05, 0.1) is 10.7 Å². The van der Waals surface area contributed by atoms with Crippen molar-refractivity contribution in [3.63, 3.8) is 0 Å². The Morgan fingerprint density at radius 1 is 1.33 bits per heavy atom. The minimum atomic E-state index is 0.627. The SMILES string of the molecule is Cc1ccc(-c2cc(N)n(C)n2)c(Cl)c1. The Morgan fingerprint density at radius 3 is 2.60 bits per heavy atom. The number of benzene rings is 1. The molecule has 0 aliphatic heterocycles. The number of hydrogen-bond acceptors (Lipinski definition) is 2. The minimum absolute atomic E-state index is 0.627. The average molecular weight is 222 g/mol. The van der Waals surface area contributed by atoms with Crippen molar-refractivity contribution in [2.75, 3.05) is 5.73 Å². The van der Waals surface area contributed by atoms with E-state index in [0.717, 1.165) is 16.8 Å². The summed E-state index contributed by atoms with van der Waals surface area (Å²) in [7, 11) is 1.81. The van der Waals surface area contributed by atoms with Gasteiger partial charge in [-0.3, -0.25) is 4.68 Å². The number of halogens is 1. The third kappa shape index (κ3) is 1.83. The van der Waals surface area contributed by atoms with Gasteiger partial charge >= 0.3 is 0 Å². The van der Waals surface area contributed by atoms with E-state index in [1.54, 1.807) is 11.7 Å². The van der Waals surface area contributed by atoms with Crippen molar-refractivity contribution in [3.05, 3.63) is 34.9 Å². The van der Waals surface area contributed by atoms with Crippen molar-refractivity contribution < 1.29 is 0 Å². The van der Waals surface area contributed by atoms with Crippen LogP contribution in [0.1, 0.15) is 5.56 Å². The first-order chi connectivity index (χ1) is 7.08. The predicted octanol–water partition coefficient (Wildman–Crippen LogP) is 2.63. The van der Waals surface area contributed by atoms with Gasteiger partial charge in [-0.15, -0.1) is 0 Å². The highest BCUT2D eigenvalue weighted by Gasteiger charge is 2.08. The second-order valence-electron chi connectivity index (χ2n) is 3.56. The zero-order valence-electron chi connectivity index (χ0n) is 8.66. The van der Waals surface area contributed by atoms with Crippen LogP contribution in [-0.2, 0) is 7.05 Å². The van der Waals surface area contributed by atoms with Crippen LogP contribution in [0.2, 0.25) is 5.02 Å². The van der Waals surface area contributed by atoms with Crippen LogP contribution < -0.4 is 5.73 Å². The standard InChI is InChI=1S/C11H12ClN3/c1-7-3-4-8(9(12)5-7)10-6-11(13)15(2)14-10/h3-6H,13H2,1-2H3. The van der Waals surface area contributed by atoms with E-state index < -0.39 is 0 Å². The van der Waals surface area contributed by atoms with E-state index in [0.29, 0.717) is 10.8 Å². The highest BCUT2D eigenvalue weighted by molar-refractivity contribution is 6.33. The molecule has 78 valence electrons. The largest absolute Gasteiger partial charge is 0.384 e. The summed E-state index contributed by atoms with van der Waals surface area (Å²) in [4.78, 5) is 0. The second-order valence-corrected chi connectivity index (χ2v) is 3.97. The topological polar surface area (TPSA) is 43.8 Å². The maximum atomic E-state index is 6.14. The van der Waals surface area contributed by atoms with E-state index in [1.807, 2.05) is 31.2 Å². The number of nitrogens with zero attached hydrogens (tertiary/aromatic N) is 2. The summed E-state index contributed by atoms with van der Waals surface area (Å²) in [6.07, 6.45) is 0. The Hall–Kier alpha value is -1.48. The fourth-order valence-electron chi connectivity index (χ4n) is 1.44. The molecule has 0 aliphatic rings. The van der Waals surface area contributed by atoms with Gasteiger partial charge in [0.2, 0.25) is 0 Å². The van der Waals surface area contributed by atoms with Crippen LogP contribution in [0.5, 0.6) is 0 Å². The first kappa shape index (κ1) is 10.1. The van der Waals surface area contributed by atoms with Gasteiger partial charge in [-0.1, -0.05) is 23.7 Å². The number of rotatable bonds is 1. The zero-order chi connectivity index (χ0) is 11.0. The van der Waals surface area contributed by atoms with Gasteiger partial charge in [-0.05, 0) is 18.6 Å². The van der Waals surface area contributed by atoms with E-state index in [2.05, 4.69) is 5.10 Å². The smallest absolute Gasteiger partial charge is 0.121 e. The summed E-state index contributed by atoms with van der Waals surface area (Å²) in [5, 5.41) is 4.98. The quantitative estimate of drug-likeness (QED) is 0.805. The Labute approximate surface area is 93.5 Å². The fraction of sp³-hybridized carbons (Fsp3) is 0.182. The summed E-state index contributed by atoms with van der Waals surface area (Å²) < 4.78 is 1.63. The van der Waals surface area contributed by atoms with Gasteiger partial charge in [0, 0.05) is 18.7 Å². The summed E-state index contributed by atoms with van der Waals surface area (Å²) >= 11 is 6.14.